The summed E-state index contributed by atoms with van der Waals surface area (Å²) in [6.45, 7) is 3.69. The number of aromatic hydroxyl groups is 1. The second-order valence-corrected chi connectivity index (χ2v) is 12.8. The fourth-order valence-electron chi connectivity index (χ4n) is 4.47. The molecule has 0 saturated carbocycles. The van der Waals surface area contributed by atoms with Crippen LogP contribution in [0.15, 0.2) is 69.0 Å². The van der Waals surface area contributed by atoms with Crippen molar-refractivity contribution in [2.75, 3.05) is 12.0 Å². The van der Waals surface area contributed by atoms with Crippen LogP contribution in [0.5, 0.6) is 11.5 Å². The number of amides is 1. The average Bonchev–Trinajstić information content (AvgIpc) is 3.52. The summed E-state index contributed by atoms with van der Waals surface area (Å²) in [4.78, 5) is 28.4. The van der Waals surface area contributed by atoms with E-state index in [4.69, 9.17) is 16.3 Å². The first-order valence-corrected chi connectivity index (χ1v) is 15.2. The van der Waals surface area contributed by atoms with E-state index in [0.717, 1.165) is 28.0 Å². The minimum absolute atomic E-state index is 0.103. The summed E-state index contributed by atoms with van der Waals surface area (Å²) in [5.41, 5.74) is 3.40. The summed E-state index contributed by atoms with van der Waals surface area (Å²) in [6, 6.07) is 15.0. The number of hydrogen-bond donors (Lipinski definition) is 2. The zero-order chi connectivity index (χ0) is 29.4. The predicted octanol–water partition coefficient (Wildman–Crippen LogP) is 7.20. The summed E-state index contributed by atoms with van der Waals surface area (Å²) in [5.74, 6) is -1.43. The number of carbonyl (C=O) groups excluding carboxylic acids is 2. The van der Waals surface area contributed by atoms with Crippen LogP contribution in [0.4, 0.5) is 5.13 Å². The zero-order valence-corrected chi connectivity index (χ0v) is 26.0. The molecule has 0 bridgehead atoms. The summed E-state index contributed by atoms with van der Waals surface area (Å²) in [5, 5.41) is 31.3. The van der Waals surface area contributed by atoms with E-state index in [9.17, 15) is 19.8 Å². The number of aliphatic hydroxyl groups excluding tert-OH is 1. The Morgan fingerprint density at radius 3 is 2.56 bits per heavy atom. The number of aliphatic hydroxyl groups is 1. The number of phenols is 1. The quantitative estimate of drug-likeness (QED) is 0.0697. The summed E-state index contributed by atoms with van der Waals surface area (Å²) < 4.78 is 6.22. The molecule has 0 spiro atoms. The number of nitrogens with zero attached hydrogens (tertiary/aromatic N) is 3. The van der Waals surface area contributed by atoms with E-state index in [1.54, 1.807) is 12.1 Å². The number of ketones is 1. The average molecular weight is 673 g/mol. The van der Waals surface area contributed by atoms with Gasteiger partial charge in [0.15, 0.2) is 15.8 Å². The standard InChI is InChI=1S/C29H23BrClN3O5S2/c1-14-4-5-15(2)19(10-14)24(35)22-23(17-11-20(30)25(36)21(12-17)39-3)34(27(38)26(22)37)28-32-33-29(41-28)40-13-16-6-8-18(31)9-7-16/h4-12,23,35-36H,13H2,1-3H3/b24-22+. The third-order valence-corrected chi connectivity index (χ3v) is 9.54. The van der Waals surface area contributed by atoms with Gasteiger partial charge in [0.1, 0.15) is 5.76 Å². The highest BCUT2D eigenvalue weighted by Crippen LogP contribution is 2.47. The lowest BCUT2D eigenvalue weighted by Gasteiger charge is -2.23. The number of thioether (sulfide) groups is 1. The maximum absolute atomic E-state index is 13.6. The van der Waals surface area contributed by atoms with E-state index in [2.05, 4.69) is 26.1 Å². The molecule has 1 aromatic heterocycles. The molecule has 2 heterocycles. The zero-order valence-electron chi connectivity index (χ0n) is 22.0. The molecule has 1 saturated heterocycles. The number of Topliss-reactive ketones (excluding diaryl/α,β-unsaturated/α-hetero) is 1. The van der Waals surface area contributed by atoms with Crippen molar-refractivity contribution in [3.63, 3.8) is 0 Å². The van der Waals surface area contributed by atoms with E-state index in [1.807, 2.05) is 50.2 Å². The molecule has 4 aromatic rings. The molecule has 5 rings (SSSR count). The predicted molar refractivity (Wildman–Crippen MR) is 164 cm³/mol. The topological polar surface area (TPSA) is 113 Å². The highest BCUT2D eigenvalue weighted by atomic mass is 79.9. The minimum atomic E-state index is -1.07. The summed E-state index contributed by atoms with van der Waals surface area (Å²) in [6.07, 6.45) is 0. The summed E-state index contributed by atoms with van der Waals surface area (Å²) in [7, 11) is 1.40. The molecule has 210 valence electrons. The molecule has 0 aliphatic carbocycles. The third kappa shape index (κ3) is 5.72. The number of rotatable bonds is 7. The molecule has 12 heteroatoms. The SMILES string of the molecule is COc1cc(C2/C(=C(\O)c3cc(C)ccc3C)C(=O)C(=O)N2c2nnc(SCc3ccc(Cl)cc3)s2)cc(Br)c1O. The van der Waals surface area contributed by atoms with Gasteiger partial charge < -0.3 is 14.9 Å². The van der Waals surface area contributed by atoms with Crippen LogP contribution in [0, 0.1) is 13.8 Å². The first-order chi connectivity index (χ1) is 19.6. The largest absolute Gasteiger partial charge is 0.507 e. The number of ether oxygens (including phenoxy) is 1. The van der Waals surface area contributed by atoms with Gasteiger partial charge in [0.25, 0.3) is 5.78 Å². The molecular formula is C29H23BrClN3O5S2. The van der Waals surface area contributed by atoms with E-state index in [0.29, 0.717) is 30.7 Å². The highest BCUT2D eigenvalue weighted by Gasteiger charge is 2.49. The normalized spacial score (nSPS) is 16.4. The van der Waals surface area contributed by atoms with Gasteiger partial charge in [-0.15, -0.1) is 10.2 Å². The highest BCUT2D eigenvalue weighted by molar-refractivity contribution is 9.10. The Balaban J connectivity index is 1.62. The van der Waals surface area contributed by atoms with Crippen molar-refractivity contribution in [2.45, 2.75) is 30.0 Å². The van der Waals surface area contributed by atoms with Gasteiger partial charge in [-0.2, -0.15) is 0 Å². The molecular weight excluding hydrogens is 650 g/mol. The van der Waals surface area contributed by atoms with Crippen molar-refractivity contribution in [2.24, 2.45) is 0 Å². The lowest BCUT2D eigenvalue weighted by Crippen LogP contribution is -2.29. The van der Waals surface area contributed by atoms with Crippen LogP contribution in [0.1, 0.15) is 33.9 Å². The second kappa shape index (κ2) is 11.8. The molecule has 1 fully saturated rings. The molecule has 1 atom stereocenters. The van der Waals surface area contributed by atoms with Gasteiger partial charge in [0, 0.05) is 16.3 Å². The van der Waals surface area contributed by atoms with Gasteiger partial charge in [-0.3, -0.25) is 14.5 Å². The summed E-state index contributed by atoms with van der Waals surface area (Å²) >= 11 is 11.9. The Hall–Kier alpha value is -3.38. The van der Waals surface area contributed by atoms with Crippen molar-refractivity contribution in [1.82, 2.24) is 10.2 Å². The van der Waals surface area contributed by atoms with Crippen molar-refractivity contribution < 1.29 is 24.5 Å². The van der Waals surface area contributed by atoms with E-state index in [-0.39, 0.29) is 28.0 Å². The van der Waals surface area contributed by atoms with Gasteiger partial charge in [-0.05, 0) is 76.8 Å². The Morgan fingerprint density at radius 1 is 1.12 bits per heavy atom. The molecule has 3 aromatic carbocycles. The van der Waals surface area contributed by atoms with Crippen LogP contribution >= 0.6 is 50.6 Å². The third-order valence-electron chi connectivity index (χ3n) is 6.56. The lowest BCUT2D eigenvalue weighted by atomic mass is 9.93. The van der Waals surface area contributed by atoms with Gasteiger partial charge in [0.2, 0.25) is 5.13 Å². The molecule has 1 aliphatic heterocycles. The van der Waals surface area contributed by atoms with Gasteiger partial charge >= 0.3 is 5.91 Å². The number of hydrogen-bond acceptors (Lipinski definition) is 9. The number of halogens is 2. The smallest absolute Gasteiger partial charge is 0.301 e. The monoisotopic (exact) mass is 671 g/mol. The maximum Gasteiger partial charge on any atom is 0.301 e. The number of carbonyl (C=O) groups is 2. The van der Waals surface area contributed by atoms with Crippen LogP contribution in [-0.4, -0.2) is 39.2 Å². The van der Waals surface area contributed by atoms with Gasteiger partial charge in [-0.25, -0.2) is 0 Å². The van der Waals surface area contributed by atoms with Crippen LogP contribution in [0.2, 0.25) is 5.02 Å². The number of methoxy groups -OCH3 is 1. The van der Waals surface area contributed by atoms with Crippen LogP contribution < -0.4 is 9.64 Å². The first-order valence-electron chi connectivity index (χ1n) is 12.2. The molecule has 2 N–H and O–H groups in total. The molecule has 0 radical (unpaired) electrons. The minimum Gasteiger partial charge on any atom is -0.507 e. The molecule has 1 aliphatic rings. The maximum atomic E-state index is 13.6. The Kier molecular flexibility index (Phi) is 8.42. The van der Waals surface area contributed by atoms with Crippen molar-refractivity contribution in [3.05, 3.63) is 97.5 Å². The first kappa shape index (κ1) is 29.1. The van der Waals surface area contributed by atoms with E-state index < -0.39 is 17.7 Å². The van der Waals surface area contributed by atoms with Crippen molar-refractivity contribution >= 4 is 73.2 Å². The van der Waals surface area contributed by atoms with E-state index in [1.165, 1.54) is 29.8 Å². The number of benzene rings is 3. The Morgan fingerprint density at radius 2 is 1.85 bits per heavy atom. The number of aromatic nitrogens is 2. The van der Waals surface area contributed by atoms with Crippen LogP contribution in [0.25, 0.3) is 5.76 Å². The van der Waals surface area contributed by atoms with Crippen molar-refractivity contribution in [1.29, 1.82) is 0 Å². The molecule has 1 unspecified atom stereocenters. The van der Waals surface area contributed by atoms with Crippen LogP contribution in [-0.2, 0) is 15.3 Å². The van der Waals surface area contributed by atoms with Crippen molar-refractivity contribution in [3.8, 4) is 11.5 Å². The second-order valence-electron chi connectivity index (χ2n) is 9.31. The number of phenolic OH excluding ortho intramolecular Hbond substituents is 1. The van der Waals surface area contributed by atoms with E-state index >= 15 is 0 Å². The van der Waals surface area contributed by atoms with Gasteiger partial charge in [-0.1, -0.05) is 64.5 Å². The Labute approximate surface area is 257 Å². The van der Waals surface area contributed by atoms with Gasteiger partial charge in [0.05, 0.1) is 23.2 Å². The number of aryl methyl sites for hydroxylation is 2. The molecule has 1 amide bonds. The fraction of sp³-hybridized carbons (Fsp3) is 0.172. The molecule has 8 nitrogen and oxygen atoms in total. The Bertz CT molecular complexity index is 1710. The van der Waals surface area contributed by atoms with Crippen LogP contribution in [0.3, 0.4) is 0 Å². The fourth-order valence-corrected chi connectivity index (χ4v) is 6.88. The number of anilines is 1. The molecule has 41 heavy (non-hydrogen) atoms. The lowest BCUT2D eigenvalue weighted by molar-refractivity contribution is -0.132.